The third-order valence-corrected chi connectivity index (χ3v) is 6.29. The average molecular weight is 434 g/mol. The Morgan fingerprint density at radius 2 is 2.07 bits per heavy atom. The lowest BCUT2D eigenvalue weighted by atomic mass is 9.63. The molecule has 4 rings (SSSR count). The van der Waals surface area contributed by atoms with Gasteiger partial charge in [0.25, 0.3) is 10.1 Å². The van der Waals surface area contributed by atoms with E-state index in [9.17, 15) is 17.6 Å². The first-order valence-corrected chi connectivity index (χ1v) is 11.6. The number of aromatic nitrogens is 2. The fourth-order valence-electron chi connectivity index (χ4n) is 4.42. The second kappa shape index (κ2) is 7.63. The van der Waals surface area contributed by atoms with Crippen molar-refractivity contribution in [1.29, 1.82) is 0 Å². The molecule has 0 aliphatic heterocycles. The number of carbonyl (C=O) groups excluding carboxylic acids is 1. The van der Waals surface area contributed by atoms with Crippen molar-refractivity contribution in [3.63, 3.8) is 0 Å². The molecule has 2 aromatic rings. The van der Waals surface area contributed by atoms with Gasteiger partial charge in [-0.15, -0.1) is 0 Å². The van der Waals surface area contributed by atoms with Gasteiger partial charge in [0.05, 0.1) is 42.0 Å². The molecule has 0 unspecified atom stereocenters. The largest absolute Gasteiger partial charge is 0.465 e. The van der Waals surface area contributed by atoms with Gasteiger partial charge in [0.15, 0.2) is 0 Å². The first-order chi connectivity index (χ1) is 14.2. The maximum Gasteiger partial charge on any atom is 0.316 e. The van der Waals surface area contributed by atoms with Crippen molar-refractivity contribution in [2.24, 2.45) is 5.41 Å². The summed E-state index contributed by atoms with van der Waals surface area (Å²) in [5.74, 6) is -0.707. The van der Waals surface area contributed by atoms with Crippen LogP contribution < -0.4 is 0 Å². The maximum absolute atomic E-state index is 13.3. The molecule has 0 radical (unpaired) electrons. The Labute approximate surface area is 174 Å². The highest BCUT2D eigenvalue weighted by Gasteiger charge is 2.51. The summed E-state index contributed by atoms with van der Waals surface area (Å²) in [6, 6.07) is 6.03. The quantitative estimate of drug-likeness (QED) is 0.531. The zero-order valence-electron chi connectivity index (χ0n) is 16.8. The topological polar surface area (TPSA) is 87.5 Å². The predicted molar refractivity (Wildman–Crippen MR) is 108 cm³/mol. The van der Waals surface area contributed by atoms with E-state index < -0.39 is 21.6 Å². The Morgan fingerprint density at radius 1 is 1.33 bits per heavy atom. The maximum atomic E-state index is 13.3. The minimum absolute atomic E-state index is 0.228. The molecular formula is C21H23FN2O5S. The molecule has 0 bridgehead atoms. The van der Waals surface area contributed by atoms with Crippen LogP contribution in [0.3, 0.4) is 0 Å². The molecule has 1 aromatic heterocycles. The van der Waals surface area contributed by atoms with Crippen molar-refractivity contribution >= 4 is 22.2 Å². The number of benzene rings is 1. The van der Waals surface area contributed by atoms with Crippen molar-refractivity contribution in [2.45, 2.75) is 38.7 Å². The van der Waals surface area contributed by atoms with Gasteiger partial charge in [0.2, 0.25) is 0 Å². The summed E-state index contributed by atoms with van der Waals surface area (Å²) in [5, 5.41) is 4.44. The highest BCUT2D eigenvalue weighted by atomic mass is 32.2. The van der Waals surface area contributed by atoms with Crippen LogP contribution in [0.2, 0.25) is 0 Å². The molecule has 0 amide bonds. The van der Waals surface area contributed by atoms with Crippen LogP contribution in [0.4, 0.5) is 4.39 Å². The Balaban J connectivity index is 1.74. The zero-order valence-corrected chi connectivity index (χ0v) is 17.6. The van der Waals surface area contributed by atoms with Crippen molar-refractivity contribution < 1.29 is 26.5 Å². The lowest BCUT2D eigenvalue weighted by molar-refractivity contribution is -0.155. The van der Waals surface area contributed by atoms with Gasteiger partial charge in [-0.2, -0.15) is 13.5 Å². The third kappa shape index (κ3) is 3.79. The summed E-state index contributed by atoms with van der Waals surface area (Å²) in [6.45, 7) is 1.97. The minimum Gasteiger partial charge on any atom is -0.465 e. The molecule has 160 valence electrons. The molecule has 0 spiro atoms. The van der Waals surface area contributed by atoms with Crippen molar-refractivity contribution in [1.82, 2.24) is 9.78 Å². The molecule has 0 N–H and O–H groups in total. The number of rotatable bonds is 5. The summed E-state index contributed by atoms with van der Waals surface area (Å²) in [7, 11) is -3.64. The van der Waals surface area contributed by atoms with E-state index in [1.54, 1.807) is 29.9 Å². The molecule has 1 heterocycles. The van der Waals surface area contributed by atoms with Gasteiger partial charge in [-0.3, -0.25) is 8.98 Å². The van der Waals surface area contributed by atoms with E-state index in [1.165, 1.54) is 12.1 Å². The number of fused-ring (bicyclic) bond motifs is 2. The summed E-state index contributed by atoms with van der Waals surface area (Å²) in [5.41, 5.74) is 2.29. The van der Waals surface area contributed by atoms with Crippen LogP contribution >= 0.6 is 0 Å². The van der Waals surface area contributed by atoms with Gasteiger partial charge in [0, 0.05) is 0 Å². The highest BCUT2D eigenvalue weighted by Crippen LogP contribution is 2.49. The van der Waals surface area contributed by atoms with Crippen LogP contribution in [-0.4, -0.2) is 43.1 Å². The Hall–Kier alpha value is -2.52. The van der Waals surface area contributed by atoms with Crippen LogP contribution in [0.25, 0.3) is 11.8 Å². The molecule has 7 nitrogen and oxygen atoms in total. The molecule has 1 fully saturated rings. The number of nitrogens with zero attached hydrogens (tertiary/aromatic N) is 2. The molecule has 0 saturated heterocycles. The average Bonchev–Trinajstić information content (AvgIpc) is 3.08. The van der Waals surface area contributed by atoms with Crippen molar-refractivity contribution in [3.05, 3.63) is 53.1 Å². The van der Waals surface area contributed by atoms with E-state index in [-0.39, 0.29) is 24.8 Å². The first kappa shape index (κ1) is 20.7. The summed E-state index contributed by atoms with van der Waals surface area (Å²) in [6.07, 6.45) is 5.62. The number of carbonyl (C=O) groups is 1. The molecule has 1 saturated carbocycles. The molecule has 1 aromatic carbocycles. The van der Waals surface area contributed by atoms with E-state index in [0.29, 0.717) is 24.9 Å². The van der Waals surface area contributed by atoms with E-state index in [0.717, 1.165) is 23.1 Å². The predicted octanol–water partition coefficient (Wildman–Crippen LogP) is 3.03. The monoisotopic (exact) mass is 434 g/mol. The van der Waals surface area contributed by atoms with E-state index >= 15 is 0 Å². The smallest absolute Gasteiger partial charge is 0.316 e. The Bertz CT molecular complexity index is 1110. The number of halogens is 1. The van der Waals surface area contributed by atoms with Gasteiger partial charge < -0.3 is 4.74 Å². The molecule has 2 atom stereocenters. The van der Waals surface area contributed by atoms with Crippen LogP contribution in [0.5, 0.6) is 0 Å². The van der Waals surface area contributed by atoms with Gasteiger partial charge in [0.1, 0.15) is 5.82 Å². The normalized spacial score (nSPS) is 23.3. The number of esters is 1. The molecular weight excluding hydrogens is 411 g/mol. The lowest BCUT2D eigenvalue weighted by Crippen LogP contribution is -2.45. The van der Waals surface area contributed by atoms with Gasteiger partial charge in [-0.05, 0) is 68.5 Å². The van der Waals surface area contributed by atoms with E-state index in [4.69, 9.17) is 8.92 Å². The minimum atomic E-state index is -3.64. The van der Waals surface area contributed by atoms with Gasteiger partial charge >= 0.3 is 5.97 Å². The van der Waals surface area contributed by atoms with Crippen LogP contribution in [0.15, 0.2) is 36.0 Å². The highest BCUT2D eigenvalue weighted by molar-refractivity contribution is 7.86. The second-order valence-corrected chi connectivity index (χ2v) is 9.36. The first-order valence-electron chi connectivity index (χ1n) is 9.81. The lowest BCUT2D eigenvalue weighted by Gasteiger charge is -2.42. The number of hydrogen-bond donors (Lipinski definition) is 0. The van der Waals surface area contributed by atoms with Crippen molar-refractivity contribution in [2.75, 3.05) is 12.9 Å². The summed E-state index contributed by atoms with van der Waals surface area (Å²) in [4.78, 5) is 13.1. The second-order valence-electron chi connectivity index (χ2n) is 7.76. The fourth-order valence-corrected chi connectivity index (χ4v) is 5.08. The fraction of sp³-hybridized carbons (Fsp3) is 0.429. The van der Waals surface area contributed by atoms with Crippen LogP contribution in [0.1, 0.15) is 37.4 Å². The summed E-state index contributed by atoms with van der Waals surface area (Å²) >= 11 is 0. The Kier molecular flexibility index (Phi) is 5.27. The molecule has 2 aliphatic rings. The number of hydrogen-bond acceptors (Lipinski definition) is 6. The number of ether oxygens (including phenoxy) is 1. The zero-order chi connectivity index (χ0) is 21.5. The van der Waals surface area contributed by atoms with Crippen LogP contribution in [-0.2, 0) is 30.3 Å². The van der Waals surface area contributed by atoms with Gasteiger partial charge in [-0.1, -0.05) is 5.57 Å². The Morgan fingerprint density at radius 3 is 2.73 bits per heavy atom. The van der Waals surface area contributed by atoms with Gasteiger partial charge in [-0.25, -0.2) is 9.07 Å². The van der Waals surface area contributed by atoms with Crippen molar-refractivity contribution in [3.8, 4) is 5.69 Å². The van der Waals surface area contributed by atoms with E-state index in [2.05, 4.69) is 5.10 Å². The molecule has 2 aliphatic carbocycles. The van der Waals surface area contributed by atoms with Crippen LogP contribution in [0, 0.1) is 11.2 Å². The standard InChI is InChI=1S/C21H23FN2O5S/c1-3-28-20(25)21-11-14-13-23-24(17-7-5-16(22)6-8-17)19(14)10-15(21)4-9-18(12-21)29-30(2,26)27/h5-8,10,13,18H,3-4,9,11-12H2,1-2H3/t18-,21-/m0/s1. The third-order valence-electron chi connectivity index (χ3n) is 5.66. The molecule has 9 heteroatoms. The SMILES string of the molecule is CCOC(=O)[C@]12Cc3cnn(-c4ccc(F)cc4)c3C=C1CC[C@H](OS(C)(=O)=O)C2. The summed E-state index contributed by atoms with van der Waals surface area (Å²) < 4.78 is 48.9. The molecule has 30 heavy (non-hydrogen) atoms. The van der Waals surface area contributed by atoms with E-state index in [1.807, 2.05) is 6.08 Å².